The fourth-order valence-electron chi connectivity index (χ4n) is 3.57. The smallest absolute Gasteiger partial charge is 0.255 e. The molecule has 2 atom stereocenters. The predicted molar refractivity (Wildman–Crippen MR) is 95.7 cm³/mol. The molecule has 1 N–H and O–H groups in total. The number of carbonyl (C=O) groups is 1. The van der Waals surface area contributed by atoms with Crippen LogP contribution in [0.3, 0.4) is 0 Å². The molecule has 0 radical (unpaired) electrons. The Morgan fingerprint density at radius 2 is 1.92 bits per heavy atom. The maximum absolute atomic E-state index is 13.0. The minimum absolute atomic E-state index is 0.0221. The van der Waals surface area contributed by atoms with Crippen LogP contribution in [0.5, 0.6) is 0 Å². The summed E-state index contributed by atoms with van der Waals surface area (Å²) in [7, 11) is 0. The number of carbonyl (C=O) groups excluding carboxylic acids is 1. The maximum Gasteiger partial charge on any atom is 0.255 e. The number of amides is 1. The van der Waals surface area contributed by atoms with Gasteiger partial charge in [-0.25, -0.2) is 0 Å². The standard InChI is InChI=1S/C20H26N2O2/c1-13-7-5-6-8-18(13)22-15(3)11-17(16(22)4)20(24)21-10-9-14(2)19(23)12-21/h5-8,11,14,19,23H,9-10,12H2,1-4H3/t14-,19+/m0/s1. The molecular weight excluding hydrogens is 300 g/mol. The largest absolute Gasteiger partial charge is 0.391 e. The lowest BCUT2D eigenvalue weighted by atomic mass is 9.95. The zero-order valence-corrected chi connectivity index (χ0v) is 14.9. The Morgan fingerprint density at radius 1 is 1.21 bits per heavy atom. The molecule has 1 saturated heterocycles. The van der Waals surface area contributed by atoms with Gasteiger partial charge in [-0.1, -0.05) is 25.1 Å². The van der Waals surface area contributed by atoms with E-state index in [0.717, 1.165) is 29.1 Å². The van der Waals surface area contributed by atoms with Crippen molar-refractivity contribution in [1.29, 1.82) is 0 Å². The van der Waals surface area contributed by atoms with Crippen LogP contribution in [0.4, 0.5) is 0 Å². The molecule has 0 bridgehead atoms. The van der Waals surface area contributed by atoms with Gasteiger partial charge in [-0.2, -0.15) is 0 Å². The lowest BCUT2D eigenvalue weighted by Gasteiger charge is -2.34. The molecule has 3 rings (SSSR count). The van der Waals surface area contributed by atoms with Crippen LogP contribution in [0.2, 0.25) is 0 Å². The van der Waals surface area contributed by atoms with Crippen LogP contribution in [0.1, 0.15) is 40.7 Å². The van der Waals surface area contributed by atoms with Crippen LogP contribution in [-0.2, 0) is 0 Å². The van der Waals surface area contributed by atoms with E-state index in [4.69, 9.17) is 0 Å². The average Bonchev–Trinajstić information content (AvgIpc) is 2.85. The van der Waals surface area contributed by atoms with Crippen molar-refractivity contribution in [3.8, 4) is 5.69 Å². The summed E-state index contributed by atoms with van der Waals surface area (Å²) in [5, 5.41) is 10.1. The SMILES string of the molecule is Cc1ccccc1-n1c(C)cc(C(=O)N2CC[C@H](C)[C@H](O)C2)c1C. The van der Waals surface area contributed by atoms with Crippen molar-refractivity contribution < 1.29 is 9.90 Å². The molecule has 2 aromatic rings. The molecule has 1 aromatic heterocycles. The molecule has 0 spiro atoms. The van der Waals surface area contributed by atoms with Gasteiger partial charge in [0, 0.05) is 30.2 Å². The third kappa shape index (κ3) is 2.86. The molecule has 4 nitrogen and oxygen atoms in total. The quantitative estimate of drug-likeness (QED) is 0.921. The van der Waals surface area contributed by atoms with E-state index >= 15 is 0 Å². The summed E-state index contributed by atoms with van der Waals surface area (Å²) in [6.45, 7) is 9.28. The van der Waals surface area contributed by atoms with E-state index < -0.39 is 6.10 Å². The molecule has 1 aromatic carbocycles. The van der Waals surface area contributed by atoms with E-state index in [9.17, 15) is 9.90 Å². The topological polar surface area (TPSA) is 45.5 Å². The average molecular weight is 326 g/mol. The number of nitrogens with zero attached hydrogens (tertiary/aromatic N) is 2. The van der Waals surface area contributed by atoms with Crippen molar-refractivity contribution in [1.82, 2.24) is 9.47 Å². The molecule has 4 heteroatoms. The van der Waals surface area contributed by atoms with E-state index in [1.807, 2.05) is 39.0 Å². The van der Waals surface area contributed by atoms with Gasteiger partial charge in [0.25, 0.3) is 5.91 Å². The van der Waals surface area contributed by atoms with Gasteiger partial charge in [-0.15, -0.1) is 0 Å². The van der Waals surface area contributed by atoms with Crippen molar-refractivity contribution in [2.24, 2.45) is 5.92 Å². The van der Waals surface area contributed by atoms with Crippen molar-refractivity contribution in [3.63, 3.8) is 0 Å². The van der Waals surface area contributed by atoms with Gasteiger partial charge in [0.15, 0.2) is 0 Å². The number of benzene rings is 1. The molecule has 2 heterocycles. The third-order valence-corrected chi connectivity index (χ3v) is 5.22. The number of hydrogen-bond donors (Lipinski definition) is 1. The van der Waals surface area contributed by atoms with Crippen molar-refractivity contribution in [3.05, 3.63) is 52.8 Å². The lowest BCUT2D eigenvalue weighted by Crippen LogP contribution is -2.45. The number of β-amino-alcohol motifs (C(OH)–C–C–N with tert-alkyl or cyclic N) is 1. The predicted octanol–water partition coefficient (Wildman–Crippen LogP) is 3.25. The van der Waals surface area contributed by atoms with Crippen LogP contribution >= 0.6 is 0 Å². The van der Waals surface area contributed by atoms with Gasteiger partial charge in [0.1, 0.15) is 0 Å². The third-order valence-electron chi connectivity index (χ3n) is 5.22. The van der Waals surface area contributed by atoms with E-state index in [2.05, 4.69) is 23.6 Å². The maximum atomic E-state index is 13.0. The van der Waals surface area contributed by atoms with Gasteiger partial charge in [-0.05, 0) is 50.8 Å². The summed E-state index contributed by atoms with van der Waals surface area (Å²) in [5.74, 6) is 0.280. The Morgan fingerprint density at radius 3 is 2.58 bits per heavy atom. The number of aliphatic hydroxyl groups is 1. The van der Waals surface area contributed by atoms with Crippen molar-refractivity contribution in [2.75, 3.05) is 13.1 Å². The van der Waals surface area contributed by atoms with Crippen LogP contribution in [0.25, 0.3) is 5.69 Å². The Balaban J connectivity index is 1.95. The monoisotopic (exact) mass is 326 g/mol. The molecule has 24 heavy (non-hydrogen) atoms. The number of hydrogen-bond acceptors (Lipinski definition) is 2. The van der Waals surface area contributed by atoms with Crippen molar-refractivity contribution in [2.45, 2.75) is 40.2 Å². The summed E-state index contributed by atoms with van der Waals surface area (Å²) in [6.07, 6.45) is 0.422. The van der Waals surface area contributed by atoms with E-state index in [0.29, 0.717) is 13.1 Å². The fourth-order valence-corrected chi connectivity index (χ4v) is 3.57. The second kappa shape index (κ2) is 6.44. The fraction of sp³-hybridized carbons (Fsp3) is 0.450. The number of rotatable bonds is 2. The highest BCUT2D eigenvalue weighted by Crippen LogP contribution is 2.26. The zero-order chi connectivity index (χ0) is 17.4. The van der Waals surface area contributed by atoms with Gasteiger partial charge in [0.2, 0.25) is 0 Å². The number of likely N-dealkylation sites (tertiary alicyclic amines) is 1. The molecule has 1 aliphatic heterocycles. The minimum atomic E-state index is -0.428. The van der Waals surface area contributed by atoms with Gasteiger partial charge >= 0.3 is 0 Å². The molecule has 0 unspecified atom stereocenters. The zero-order valence-electron chi connectivity index (χ0n) is 14.9. The summed E-state index contributed by atoms with van der Waals surface area (Å²) in [6, 6.07) is 10.2. The summed E-state index contributed by atoms with van der Waals surface area (Å²) < 4.78 is 2.14. The van der Waals surface area contributed by atoms with Crippen LogP contribution in [0.15, 0.2) is 30.3 Å². The molecule has 1 amide bonds. The van der Waals surface area contributed by atoms with Crippen molar-refractivity contribution >= 4 is 5.91 Å². The summed E-state index contributed by atoms with van der Waals surface area (Å²) in [5.41, 5.74) is 5.04. The molecule has 1 aliphatic rings. The second-order valence-electron chi connectivity index (χ2n) is 6.99. The van der Waals surface area contributed by atoms with Gasteiger partial charge in [0.05, 0.1) is 11.7 Å². The number of aliphatic hydroxyl groups excluding tert-OH is 1. The van der Waals surface area contributed by atoms with E-state index in [-0.39, 0.29) is 11.8 Å². The van der Waals surface area contributed by atoms with Gasteiger partial charge in [-0.3, -0.25) is 4.79 Å². The first-order chi connectivity index (χ1) is 11.4. The first-order valence-corrected chi connectivity index (χ1v) is 8.62. The van der Waals surface area contributed by atoms with E-state index in [1.54, 1.807) is 4.90 Å². The Bertz CT molecular complexity index is 763. The lowest BCUT2D eigenvalue weighted by molar-refractivity contribution is 0.0248. The first-order valence-electron chi connectivity index (χ1n) is 8.62. The highest BCUT2D eigenvalue weighted by atomic mass is 16.3. The highest BCUT2D eigenvalue weighted by Gasteiger charge is 2.29. The number of aromatic nitrogens is 1. The Labute approximate surface area is 143 Å². The van der Waals surface area contributed by atoms with Crippen LogP contribution in [0, 0.1) is 26.7 Å². The number of para-hydroxylation sites is 1. The number of aryl methyl sites for hydroxylation is 2. The number of piperidine rings is 1. The van der Waals surface area contributed by atoms with Crippen LogP contribution < -0.4 is 0 Å². The Hall–Kier alpha value is -2.07. The molecule has 1 fully saturated rings. The Kier molecular flexibility index (Phi) is 4.50. The molecule has 0 aliphatic carbocycles. The minimum Gasteiger partial charge on any atom is -0.391 e. The molecule has 128 valence electrons. The molecular formula is C20H26N2O2. The molecule has 0 saturated carbocycles. The van der Waals surface area contributed by atoms with Crippen LogP contribution in [-0.4, -0.2) is 39.7 Å². The summed E-state index contributed by atoms with van der Waals surface area (Å²) in [4.78, 5) is 14.7. The summed E-state index contributed by atoms with van der Waals surface area (Å²) >= 11 is 0. The van der Waals surface area contributed by atoms with E-state index in [1.165, 1.54) is 5.56 Å². The first kappa shape index (κ1) is 16.8. The second-order valence-corrected chi connectivity index (χ2v) is 6.99. The van der Waals surface area contributed by atoms with Gasteiger partial charge < -0.3 is 14.6 Å². The normalized spacial score (nSPS) is 21.1. The highest BCUT2D eigenvalue weighted by molar-refractivity contribution is 5.96.